The first-order valence-electron chi connectivity index (χ1n) is 8.46. The van der Waals surface area contributed by atoms with Gasteiger partial charge in [-0.05, 0) is 31.7 Å². The lowest BCUT2D eigenvalue weighted by Gasteiger charge is -2.25. The molecular formula is C17H30N2O. The van der Waals surface area contributed by atoms with Crippen LogP contribution < -0.4 is 10.6 Å². The van der Waals surface area contributed by atoms with Gasteiger partial charge in [0.1, 0.15) is 0 Å². The summed E-state index contributed by atoms with van der Waals surface area (Å²) >= 11 is 0. The van der Waals surface area contributed by atoms with Gasteiger partial charge in [-0.3, -0.25) is 4.79 Å². The maximum absolute atomic E-state index is 12.3. The van der Waals surface area contributed by atoms with Crippen molar-refractivity contribution in [3.63, 3.8) is 0 Å². The Balaban J connectivity index is 1.74. The molecular weight excluding hydrogens is 248 g/mol. The number of nitrogens with one attached hydrogen (secondary N) is 2. The Kier molecular flexibility index (Phi) is 6.58. The summed E-state index contributed by atoms with van der Waals surface area (Å²) in [5, 5.41) is 6.46. The van der Waals surface area contributed by atoms with E-state index >= 15 is 0 Å². The van der Waals surface area contributed by atoms with E-state index in [0.29, 0.717) is 0 Å². The van der Waals surface area contributed by atoms with E-state index < -0.39 is 0 Å². The van der Waals surface area contributed by atoms with Crippen molar-refractivity contribution in [3.05, 3.63) is 11.6 Å². The van der Waals surface area contributed by atoms with E-state index in [1.165, 1.54) is 37.7 Å². The van der Waals surface area contributed by atoms with Crippen LogP contribution in [0.3, 0.4) is 0 Å². The molecule has 1 unspecified atom stereocenters. The van der Waals surface area contributed by atoms with Gasteiger partial charge < -0.3 is 10.6 Å². The second kappa shape index (κ2) is 8.46. The zero-order valence-electron chi connectivity index (χ0n) is 12.9. The molecule has 0 aromatic carbocycles. The van der Waals surface area contributed by atoms with Crippen molar-refractivity contribution >= 4 is 5.91 Å². The van der Waals surface area contributed by atoms with Crippen molar-refractivity contribution in [2.75, 3.05) is 19.6 Å². The zero-order valence-corrected chi connectivity index (χ0v) is 12.9. The van der Waals surface area contributed by atoms with Gasteiger partial charge in [0.05, 0.1) is 0 Å². The predicted molar refractivity (Wildman–Crippen MR) is 83.6 cm³/mol. The van der Waals surface area contributed by atoms with Crippen LogP contribution in [0.15, 0.2) is 11.6 Å². The first-order chi connectivity index (χ1) is 9.79. The van der Waals surface area contributed by atoms with Crippen molar-refractivity contribution in [1.29, 1.82) is 0 Å². The SMILES string of the molecule is CCC(CC1CCCCC1)C(=O)NCC1=CCNCC1. The van der Waals surface area contributed by atoms with Crippen LogP contribution in [0.5, 0.6) is 0 Å². The van der Waals surface area contributed by atoms with Crippen molar-refractivity contribution in [2.24, 2.45) is 11.8 Å². The monoisotopic (exact) mass is 278 g/mol. The molecule has 1 saturated carbocycles. The molecule has 0 aromatic rings. The molecule has 1 amide bonds. The summed E-state index contributed by atoms with van der Waals surface area (Å²) < 4.78 is 0. The number of hydrogen-bond acceptors (Lipinski definition) is 2. The summed E-state index contributed by atoms with van der Waals surface area (Å²) in [6, 6.07) is 0. The predicted octanol–water partition coefficient (Wildman–Crippen LogP) is 3.02. The second-order valence-corrected chi connectivity index (χ2v) is 6.38. The summed E-state index contributed by atoms with van der Waals surface area (Å²) in [4.78, 5) is 12.3. The third kappa shape index (κ3) is 4.93. The minimum absolute atomic E-state index is 0.223. The van der Waals surface area contributed by atoms with Crippen LogP contribution in [0.1, 0.15) is 58.3 Å². The summed E-state index contributed by atoms with van der Waals surface area (Å²) in [5.74, 6) is 1.29. The standard InChI is InChI=1S/C17H30N2O/c1-2-16(12-14-6-4-3-5-7-14)17(20)19-13-15-8-10-18-11-9-15/h8,14,16,18H,2-7,9-13H2,1H3,(H,19,20). The molecule has 2 rings (SSSR count). The van der Waals surface area contributed by atoms with Gasteiger partial charge in [0.2, 0.25) is 5.91 Å². The lowest BCUT2D eigenvalue weighted by Crippen LogP contribution is -2.34. The van der Waals surface area contributed by atoms with Gasteiger partial charge in [-0.2, -0.15) is 0 Å². The Morgan fingerprint density at radius 1 is 1.40 bits per heavy atom. The van der Waals surface area contributed by atoms with Crippen molar-refractivity contribution in [1.82, 2.24) is 10.6 Å². The number of amides is 1. The lowest BCUT2D eigenvalue weighted by atomic mass is 9.82. The molecule has 20 heavy (non-hydrogen) atoms. The van der Waals surface area contributed by atoms with E-state index in [-0.39, 0.29) is 11.8 Å². The summed E-state index contributed by atoms with van der Waals surface area (Å²) in [7, 11) is 0. The van der Waals surface area contributed by atoms with Crippen LogP contribution >= 0.6 is 0 Å². The maximum Gasteiger partial charge on any atom is 0.223 e. The molecule has 1 heterocycles. The van der Waals surface area contributed by atoms with Crippen LogP contribution in [0.4, 0.5) is 0 Å². The van der Waals surface area contributed by atoms with Crippen molar-refractivity contribution in [3.8, 4) is 0 Å². The molecule has 0 radical (unpaired) electrons. The molecule has 1 fully saturated rings. The minimum Gasteiger partial charge on any atom is -0.352 e. The number of carbonyl (C=O) groups is 1. The first kappa shape index (κ1) is 15.6. The van der Waals surface area contributed by atoms with Crippen LogP contribution in [-0.4, -0.2) is 25.5 Å². The maximum atomic E-state index is 12.3. The largest absolute Gasteiger partial charge is 0.352 e. The minimum atomic E-state index is 0.223. The number of carbonyl (C=O) groups excluding carboxylic acids is 1. The number of hydrogen-bond donors (Lipinski definition) is 2. The van der Waals surface area contributed by atoms with E-state index in [9.17, 15) is 4.79 Å². The Morgan fingerprint density at radius 3 is 2.85 bits per heavy atom. The quantitative estimate of drug-likeness (QED) is 0.733. The highest BCUT2D eigenvalue weighted by molar-refractivity contribution is 5.78. The zero-order chi connectivity index (χ0) is 14.2. The average Bonchev–Trinajstić information content (AvgIpc) is 2.52. The van der Waals surface area contributed by atoms with Gasteiger partial charge in [-0.15, -0.1) is 0 Å². The van der Waals surface area contributed by atoms with Gasteiger partial charge >= 0.3 is 0 Å². The molecule has 0 bridgehead atoms. The van der Waals surface area contributed by atoms with Crippen molar-refractivity contribution in [2.45, 2.75) is 58.3 Å². The Labute approximate surface area is 123 Å². The van der Waals surface area contributed by atoms with Crippen LogP contribution in [-0.2, 0) is 4.79 Å². The molecule has 1 aliphatic heterocycles. The van der Waals surface area contributed by atoms with Crippen LogP contribution in [0.25, 0.3) is 0 Å². The van der Waals surface area contributed by atoms with Gasteiger partial charge in [0.15, 0.2) is 0 Å². The smallest absolute Gasteiger partial charge is 0.223 e. The van der Waals surface area contributed by atoms with Crippen molar-refractivity contribution < 1.29 is 4.79 Å². The topological polar surface area (TPSA) is 41.1 Å². The fraction of sp³-hybridized carbons (Fsp3) is 0.824. The van der Waals surface area contributed by atoms with Crippen LogP contribution in [0, 0.1) is 11.8 Å². The lowest BCUT2D eigenvalue weighted by molar-refractivity contribution is -0.125. The fourth-order valence-electron chi connectivity index (χ4n) is 3.46. The van der Waals surface area contributed by atoms with Crippen LogP contribution in [0.2, 0.25) is 0 Å². The molecule has 0 saturated heterocycles. The van der Waals surface area contributed by atoms with E-state index in [2.05, 4.69) is 23.6 Å². The normalized spacial score (nSPS) is 22.1. The third-order valence-electron chi connectivity index (χ3n) is 4.85. The average molecular weight is 278 g/mol. The summed E-state index contributed by atoms with van der Waals surface area (Å²) in [6.07, 6.45) is 12.1. The molecule has 0 spiro atoms. The molecule has 2 N–H and O–H groups in total. The molecule has 0 aromatic heterocycles. The second-order valence-electron chi connectivity index (χ2n) is 6.38. The highest BCUT2D eigenvalue weighted by Crippen LogP contribution is 2.30. The van der Waals surface area contributed by atoms with E-state index in [1.54, 1.807) is 0 Å². The molecule has 1 aliphatic carbocycles. The fourth-order valence-corrected chi connectivity index (χ4v) is 3.46. The Hall–Kier alpha value is -0.830. The Bertz CT molecular complexity index is 332. The third-order valence-corrected chi connectivity index (χ3v) is 4.85. The molecule has 2 aliphatic rings. The van der Waals surface area contributed by atoms with E-state index in [0.717, 1.165) is 44.8 Å². The highest BCUT2D eigenvalue weighted by Gasteiger charge is 2.22. The van der Waals surface area contributed by atoms with Gasteiger partial charge in [0, 0.05) is 19.0 Å². The molecule has 114 valence electrons. The van der Waals surface area contributed by atoms with Gasteiger partial charge in [-0.1, -0.05) is 50.7 Å². The van der Waals surface area contributed by atoms with E-state index in [4.69, 9.17) is 0 Å². The molecule has 1 atom stereocenters. The number of rotatable bonds is 6. The first-order valence-corrected chi connectivity index (χ1v) is 8.46. The Morgan fingerprint density at radius 2 is 2.20 bits per heavy atom. The van der Waals surface area contributed by atoms with Gasteiger partial charge in [-0.25, -0.2) is 0 Å². The van der Waals surface area contributed by atoms with E-state index in [1.807, 2.05) is 0 Å². The van der Waals surface area contributed by atoms with Gasteiger partial charge in [0.25, 0.3) is 0 Å². The molecule has 3 heteroatoms. The molecule has 3 nitrogen and oxygen atoms in total. The summed E-state index contributed by atoms with van der Waals surface area (Å²) in [5.41, 5.74) is 1.38. The highest BCUT2D eigenvalue weighted by atomic mass is 16.1. The summed E-state index contributed by atoms with van der Waals surface area (Å²) in [6.45, 7) is 4.89.